The van der Waals surface area contributed by atoms with Gasteiger partial charge in [-0.1, -0.05) is 6.92 Å². The SMILES string of the molecule is CCCC(=O)Nc1ccc(-c2nnc(-c3ccc(OC)cc3)o2)cc1. The van der Waals surface area contributed by atoms with E-state index < -0.39 is 0 Å². The number of benzene rings is 2. The molecule has 1 heterocycles. The molecular formula is C19H19N3O3. The highest BCUT2D eigenvalue weighted by atomic mass is 16.5. The summed E-state index contributed by atoms with van der Waals surface area (Å²) in [5.74, 6) is 1.65. The molecule has 0 unspecified atom stereocenters. The third-order valence-corrected chi connectivity index (χ3v) is 3.65. The van der Waals surface area contributed by atoms with E-state index in [0.717, 1.165) is 29.0 Å². The smallest absolute Gasteiger partial charge is 0.248 e. The van der Waals surface area contributed by atoms with Gasteiger partial charge in [0.15, 0.2) is 0 Å². The van der Waals surface area contributed by atoms with Crippen LogP contribution in [-0.2, 0) is 4.79 Å². The van der Waals surface area contributed by atoms with Crippen LogP contribution in [0.2, 0.25) is 0 Å². The molecule has 0 radical (unpaired) electrons. The van der Waals surface area contributed by atoms with Gasteiger partial charge in [-0.25, -0.2) is 0 Å². The molecule has 6 heteroatoms. The van der Waals surface area contributed by atoms with Crippen LogP contribution in [0.4, 0.5) is 5.69 Å². The second-order valence-electron chi connectivity index (χ2n) is 5.52. The Morgan fingerprint density at radius 3 is 2.08 bits per heavy atom. The number of nitrogens with one attached hydrogen (secondary N) is 1. The number of carbonyl (C=O) groups is 1. The highest BCUT2D eigenvalue weighted by Crippen LogP contribution is 2.26. The van der Waals surface area contributed by atoms with Crippen molar-refractivity contribution < 1.29 is 13.9 Å². The molecule has 128 valence electrons. The molecule has 3 aromatic rings. The van der Waals surface area contributed by atoms with Crippen molar-refractivity contribution in [2.45, 2.75) is 19.8 Å². The van der Waals surface area contributed by atoms with Crippen LogP contribution >= 0.6 is 0 Å². The molecule has 0 atom stereocenters. The predicted octanol–water partition coefficient (Wildman–Crippen LogP) is 4.15. The van der Waals surface area contributed by atoms with Gasteiger partial charge >= 0.3 is 0 Å². The molecule has 1 aromatic heterocycles. The number of amides is 1. The van der Waals surface area contributed by atoms with Crippen molar-refractivity contribution in [3.05, 3.63) is 48.5 Å². The lowest BCUT2D eigenvalue weighted by atomic mass is 10.2. The number of aromatic nitrogens is 2. The molecule has 6 nitrogen and oxygen atoms in total. The van der Waals surface area contributed by atoms with Crippen molar-refractivity contribution in [1.82, 2.24) is 10.2 Å². The van der Waals surface area contributed by atoms with Crippen molar-refractivity contribution in [2.24, 2.45) is 0 Å². The average Bonchev–Trinajstić information content (AvgIpc) is 3.13. The van der Waals surface area contributed by atoms with Crippen LogP contribution in [-0.4, -0.2) is 23.2 Å². The number of anilines is 1. The Bertz CT molecular complexity index is 839. The van der Waals surface area contributed by atoms with E-state index in [1.165, 1.54) is 0 Å². The van der Waals surface area contributed by atoms with Crippen LogP contribution in [0.3, 0.4) is 0 Å². The summed E-state index contributed by atoms with van der Waals surface area (Å²) in [7, 11) is 1.62. The number of nitrogens with zero attached hydrogens (tertiary/aromatic N) is 2. The zero-order valence-corrected chi connectivity index (χ0v) is 14.2. The molecule has 1 N–H and O–H groups in total. The van der Waals surface area contributed by atoms with Gasteiger partial charge in [0.05, 0.1) is 7.11 Å². The monoisotopic (exact) mass is 337 g/mol. The first-order chi connectivity index (χ1) is 12.2. The van der Waals surface area contributed by atoms with Gasteiger partial charge in [0.2, 0.25) is 17.7 Å². The lowest BCUT2D eigenvalue weighted by molar-refractivity contribution is -0.116. The molecule has 0 saturated carbocycles. The number of methoxy groups -OCH3 is 1. The summed E-state index contributed by atoms with van der Waals surface area (Å²) in [6.45, 7) is 1.97. The fourth-order valence-electron chi connectivity index (χ4n) is 2.34. The van der Waals surface area contributed by atoms with E-state index >= 15 is 0 Å². The van der Waals surface area contributed by atoms with Crippen molar-refractivity contribution in [3.8, 4) is 28.7 Å². The van der Waals surface area contributed by atoms with E-state index in [0.29, 0.717) is 18.2 Å². The van der Waals surface area contributed by atoms with Crippen LogP contribution < -0.4 is 10.1 Å². The summed E-state index contributed by atoms with van der Waals surface area (Å²) in [6, 6.07) is 14.7. The van der Waals surface area contributed by atoms with Crippen LogP contribution in [0.5, 0.6) is 5.75 Å². The standard InChI is InChI=1S/C19H19N3O3/c1-3-4-17(23)20-15-9-5-13(6-10-15)18-21-22-19(25-18)14-7-11-16(24-2)12-8-14/h5-12H,3-4H2,1-2H3,(H,20,23). The zero-order valence-electron chi connectivity index (χ0n) is 14.2. The maximum Gasteiger partial charge on any atom is 0.248 e. The molecule has 0 fully saturated rings. The molecule has 25 heavy (non-hydrogen) atoms. The normalized spacial score (nSPS) is 10.5. The first kappa shape index (κ1) is 16.7. The Balaban J connectivity index is 1.74. The molecule has 1 amide bonds. The molecule has 0 spiro atoms. The van der Waals surface area contributed by atoms with Gasteiger partial charge in [0.1, 0.15) is 5.75 Å². The van der Waals surface area contributed by atoms with Crippen LogP contribution in [0, 0.1) is 0 Å². The molecule has 0 aliphatic heterocycles. The summed E-state index contributed by atoms with van der Waals surface area (Å²) in [5.41, 5.74) is 2.36. The third kappa shape index (κ3) is 4.03. The highest BCUT2D eigenvalue weighted by Gasteiger charge is 2.11. The lowest BCUT2D eigenvalue weighted by Gasteiger charge is -2.04. The Morgan fingerprint density at radius 2 is 1.56 bits per heavy atom. The first-order valence-electron chi connectivity index (χ1n) is 8.08. The molecular weight excluding hydrogens is 318 g/mol. The number of rotatable bonds is 6. The highest BCUT2D eigenvalue weighted by molar-refractivity contribution is 5.90. The fraction of sp³-hybridized carbons (Fsp3) is 0.211. The fourth-order valence-corrected chi connectivity index (χ4v) is 2.34. The molecule has 2 aromatic carbocycles. The number of carbonyl (C=O) groups excluding carboxylic acids is 1. The zero-order chi connectivity index (χ0) is 17.6. The van der Waals surface area contributed by atoms with E-state index in [1.54, 1.807) is 7.11 Å². The minimum absolute atomic E-state index is 0.00910. The summed E-state index contributed by atoms with van der Waals surface area (Å²) in [6.07, 6.45) is 1.33. The van der Waals surface area contributed by atoms with Crippen LogP contribution in [0.25, 0.3) is 22.9 Å². The Labute approximate surface area is 145 Å². The molecule has 0 aliphatic carbocycles. The quantitative estimate of drug-likeness (QED) is 0.731. The van der Waals surface area contributed by atoms with E-state index in [9.17, 15) is 4.79 Å². The van der Waals surface area contributed by atoms with Crippen LogP contribution in [0.1, 0.15) is 19.8 Å². The molecule has 0 aliphatic rings. The van der Waals surface area contributed by atoms with E-state index in [2.05, 4.69) is 15.5 Å². The molecule has 3 rings (SSSR count). The number of hydrogen-bond donors (Lipinski definition) is 1. The minimum atomic E-state index is 0.00910. The Morgan fingerprint density at radius 1 is 1.00 bits per heavy atom. The minimum Gasteiger partial charge on any atom is -0.497 e. The van der Waals surface area contributed by atoms with Gasteiger partial charge < -0.3 is 14.5 Å². The number of hydrogen-bond acceptors (Lipinski definition) is 5. The van der Waals surface area contributed by atoms with Crippen LogP contribution in [0.15, 0.2) is 52.9 Å². The predicted molar refractivity (Wildman–Crippen MR) is 95.3 cm³/mol. The topological polar surface area (TPSA) is 77.2 Å². The summed E-state index contributed by atoms with van der Waals surface area (Å²) < 4.78 is 10.9. The van der Waals surface area contributed by atoms with E-state index in [-0.39, 0.29) is 5.91 Å². The van der Waals surface area contributed by atoms with E-state index in [1.807, 2.05) is 55.5 Å². The van der Waals surface area contributed by atoms with Gasteiger partial charge in [0, 0.05) is 23.2 Å². The van der Waals surface area contributed by atoms with Gasteiger partial charge in [-0.05, 0) is 55.0 Å². The summed E-state index contributed by atoms with van der Waals surface area (Å²) in [5, 5.41) is 11.0. The van der Waals surface area contributed by atoms with Crippen molar-refractivity contribution in [1.29, 1.82) is 0 Å². The van der Waals surface area contributed by atoms with Gasteiger partial charge in [-0.15, -0.1) is 10.2 Å². The van der Waals surface area contributed by atoms with E-state index in [4.69, 9.17) is 9.15 Å². The summed E-state index contributed by atoms with van der Waals surface area (Å²) >= 11 is 0. The average molecular weight is 337 g/mol. The maximum atomic E-state index is 11.6. The number of ether oxygens (including phenoxy) is 1. The third-order valence-electron chi connectivity index (χ3n) is 3.65. The van der Waals surface area contributed by atoms with Crippen molar-refractivity contribution in [2.75, 3.05) is 12.4 Å². The largest absolute Gasteiger partial charge is 0.497 e. The first-order valence-corrected chi connectivity index (χ1v) is 8.08. The van der Waals surface area contributed by atoms with Gasteiger partial charge in [-0.3, -0.25) is 4.79 Å². The second kappa shape index (κ2) is 7.61. The lowest BCUT2D eigenvalue weighted by Crippen LogP contribution is -2.10. The van der Waals surface area contributed by atoms with Crippen molar-refractivity contribution >= 4 is 11.6 Å². The molecule has 0 bridgehead atoms. The van der Waals surface area contributed by atoms with Gasteiger partial charge in [0.25, 0.3) is 0 Å². The Kier molecular flexibility index (Phi) is 5.09. The molecule has 0 saturated heterocycles. The Hall–Kier alpha value is -3.15. The second-order valence-corrected chi connectivity index (χ2v) is 5.52. The van der Waals surface area contributed by atoms with Gasteiger partial charge in [-0.2, -0.15) is 0 Å². The maximum absolute atomic E-state index is 11.6. The summed E-state index contributed by atoms with van der Waals surface area (Å²) in [4.78, 5) is 11.6. The van der Waals surface area contributed by atoms with Crippen molar-refractivity contribution in [3.63, 3.8) is 0 Å².